The highest BCUT2D eigenvalue weighted by Gasteiger charge is 2.16. The topological polar surface area (TPSA) is 55.4 Å². The summed E-state index contributed by atoms with van der Waals surface area (Å²) in [4.78, 5) is 23.7. The van der Waals surface area contributed by atoms with Crippen LogP contribution in [0.5, 0.6) is 0 Å². The number of ether oxygens (including phenoxy) is 1. The largest absolute Gasteiger partial charge is 0.449 e. The van der Waals surface area contributed by atoms with Gasteiger partial charge >= 0.3 is 5.97 Å². The summed E-state index contributed by atoms with van der Waals surface area (Å²) in [5.74, 6) is -0.902. The number of hydrogen-bond donors (Lipinski definition) is 1. The molecule has 0 aliphatic rings. The van der Waals surface area contributed by atoms with E-state index in [4.69, 9.17) is 4.74 Å². The molecule has 1 aromatic carbocycles. The molecule has 1 N–H and O–H groups in total. The van der Waals surface area contributed by atoms with Gasteiger partial charge in [0, 0.05) is 11.8 Å². The van der Waals surface area contributed by atoms with Crippen LogP contribution in [0, 0.1) is 6.92 Å². The molecule has 0 bridgehead atoms. The van der Waals surface area contributed by atoms with Gasteiger partial charge in [0.15, 0.2) is 6.10 Å². The van der Waals surface area contributed by atoms with Crippen LogP contribution in [0.4, 0.5) is 5.69 Å². The lowest BCUT2D eigenvalue weighted by Gasteiger charge is -2.12. The van der Waals surface area contributed by atoms with Gasteiger partial charge in [-0.2, -0.15) is 11.3 Å². The van der Waals surface area contributed by atoms with Gasteiger partial charge in [0.1, 0.15) is 0 Å². The van der Waals surface area contributed by atoms with E-state index in [1.807, 2.05) is 41.9 Å². The van der Waals surface area contributed by atoms with Gasteiger partial charge in [0.2, 0.25) is 0 Å². The van der Waals surface area contributed by atoms with Crippen molar-refractivity contribution in [1.29, 1.82) is 0 Å². The van der Waals surface area contributed by atoms with Crippen LogP contribution in [-0.4, -0.2) is 18.0 Å². The van der Waals surface area contributed by atoms with Gasteiger partial charge in [-0.3, -0.25) is 4.79 Å². The summed E-state index contributed by atoms with van der Waals surface area (Å²) < 4.78 is 5.08. The first kappa shape index (κ1) is 16.0. The van der Waals surface area contributed by atoms with Crippen LogP contribution in [-0.2, 0) is 14.3 Å². The Hall–Kier alpha value is -2.40. The molecule has 1 amide bonds. The summed E-state index contributed by atoms with van der Waals surface area (Å²) in [5.41, 5.74) is 2.65. The summed E-state index contributed by atoms with van der Waals surface area (Å²) in [7, 11) is 0. The number of carbonyl (C=O) groups is 2. The number of anilines is 1. The third-order valence-electron chi connectivity index (χ3n) is 2.90. The van der Waals surface area contributed by atoms with E-state index in [0.717, 1.165) is 11.1 Å². The average Bonchev–Trinajstić information content (AvgIpc) is 2.98. The zero-order valence-electron chi connectivity index (χ0n) is 12.4. The van der Waals surface area contributed by atoms with Gasteiger partial charge in [-0.25, -0.2) is 4.79 Å². The van der Waals surface area contributed by atoms with E-state index in [2.05, 4.69) is 5.32 Å². The van der Waals surface area contributed by atoms with E-state index in [9.17, 15) is 9.59 Å². The minimum Gasteiger partial charge on any atom is -0.449 e. The second kappa shape index (κ2) is 7.56. The SMILES string of the molecule is Cc1cccc(NC(=O)[C@H](C)OC(=O)/C=C/c2ccsc2)c1. The van der Waals surface area contributed by atoms with Crippen LogP contribution in [0.25, 0.3) is 6.08 Å². The number of esters is 1. The maximum absolute atomic E-state index is 12.0. The number of thiophene rings is 1. The van der Waals surface area contributed by atoms with Gasteiger partial charge in [-0.15, -0.1) is 0 Å². The average molecular weight is 315 g/mol. The first-order valence-electron chi connectivity index (χ1n) is 6.83. The quantitative estimate of drug-likeness (QED) is 0.677. The molecule has 0 unspecified atom stereocenters. The third kappa shape index (κ3) is 4.86. The Morgan fingerprint density at radius 2 is 2.14 bits per heavy atom. The highest BCUT2D eigenvalue weighted by molar-refractivity contribution is 7.08. The molecule has 0 spiro atoms. The maximum Gasteiger partial charge on any atom is 0.331 e. The predicted molar refractivity (Wildman–Crippen MR) is 88.7 cm³/mol. The monoisotopic (exact) mass is 315 g/mol. The zero-order chi connectivity index (χ0) is 15.9. The molecular formula is C17H17NO3S. The molecular weight excluding hydrogens is 298 g/mol. The van der Waals surface area contributed by atoms with E-state index in [1.54, 1.807) is 30.4 Å². The highest BCUT2D eigenvalue weighted by atomic mass is 32.1. The van der Waals surface area contributed by atoms with E-state index in [0.29, 0.717) is 5.69 Å². The molecule has 1 aromatic heterocycles. The molecule has 1 atom stereocenters. The van der Waals surface area contributed by atoms with Crippen molar-refractivity contribution >= 4 is 35.0 Å². The molecule has 0 aliphatic carbocycles. The summed E-state index contributed by atoms with van der Waals surface area (Å²) in [5, 5.41) is 6.55. The number of nitrogens with one attached hydrogen (secondary N) is 1. The molecule has 5 heteroatoms. The van der Waals surface area contributed by atoms with Crippen LogP contribution < -0.4 is 5.32 Å². The zero-order valence-corrected chi connectivity index (χ0v) is 13.2. The first-order valence-corrected chi connectivity index (χ1v) is 7.77. The summed E-state index contributed by atoms with van der Waals surface area (Å²) in [6.45, 7) is 3.48. The number of benzene rings is 1. The van der Waals surface area contributed by atoms with Crippen LogP contribution in [0.3, 0.4) is 0 Å². The van der Waals surface area contributed by atoms with E-state index >= 15 is 0 Å². The molecule has 0 radical (unpaired) electrons. The molecule has 0 saturated heterocycles. The highest BCUT2D eigenvalue weighted by Crippen LogP contribution is 2.11. The normalized spacial score (nSPS) is 12.1. The molecule has 2 aromatic rings. The summed E-state index contributed by atoms with van der Waals surface area (Å²) in [6, 6.07) is 9.32. The molecule has 0 aliphatic heterocycles. The van der Waals surface area contributed by atoms with Crippen molar-refractivity contribution in [2.45, 2.75) is 20.0 Å². The van der Waals surface area contributed by atoms with Gasteiger partial charge in [0.25, 0.3) is 5.91 Å². The number of aryl methyl sites for hydroxylation is 1. The Bertz CT molecular complexity index is 677. The Morgan fingerprint density at radius 3 is 2.82 bits per heavy atom. The van der Waals surface area contributed by atoms with Crippen molar-refractivity contribution in [2.75, 3.05) is 5.32 Å². The van der Waals surface area contributed by atoms with Gasteiger partial charge in [-0.05, 0) is 60.0 Å². The summed E-state index contributed by atoms with van der Waals surface area (Å²) in [6.07, 6.45) is 2.11. The fraction of sp³-hybridized carbons (Fsp3) is 0.176. The number of carbonyl (C=O) groups excluding carboxylic acids is 2. The maximum atomic E-state index is 12.0. The molecule has 4 nitrogen and oxygen atoms in total. The molecule has 1 heterocycles. The van der Waals surface area contributed by atoms with Crippen molar-refractivity contribution in [1.82, 2.24) is 0 Å². The van der Waals surface area contributed by atoms with E-state index in [1.165, 1.54) is 6.08 Å². The Kier molecular flexibility index (Phi) is 5.49. The number of rotatable bonds is 5. The minimum atomic E-state index is -0.861. The molecule has 22 heavy (non-hydrogen) atoms. The van der Waals surface area contributed by atoms with Crippen molar-refractivity contribution < 1.29 is 14.3 Å². The van der Waals surface area contributed by atoms with Crippen LogP contribution in [0.15, 0.2) is 47.2 Å². The molecule has 2 rings (SSSR count). The van der Waals surface area contributed by atoms with Gasteiger partial charge < -0.3 is 10.1 Å². The van der Waals surface area contributed by atoms with Crippen molar-refractivity contribution in [3.05, 3.63) is 58.3 Å². The minimum absolute atomic E-state index is 0.358. The smallest absolute Gasteiger partial charge is 0.331 e. The fourth-order valence-electron chi connectivity index (χ4n) is 1.77. The molecule has 114 valence electrons. The van der Waals surface area contributed by atoms with Gasteiger partial charge in [-0.1, -0.05) is 12.1 Å². The lowest BCUT2D eigenvalue weighted by Crippen LogP contribution is -2.29. The fourth-order valence-corrected chi connectivity index (χ4v) is 2.40. The van der Waals surface area contributed by atoms with Gasteiger partial charge in [0.05, 0.1) is 0 Å². The lowest BCUT2D eigenvalue weighted by molar-refractivity contribution is -0.148. The summed E-state index contributed by atoms with van der Waals surface area (Å²) >= 11 is 1.54. The van der Waals surface area contributed by atoms with Crippen molar-refractivity contribution in [3.8, 4) is 0 Å². The first-order chi connectivity index (χ1) is 10.5. The van der Waals surface area contributed by atoms with Crippen LogP contribution in [0.2, 0.25) is 0 Å². The molecule has 0 saturated carbocycles. The molecule has 0 fully saturated rings. The second-order valence-corrected chi connectivity index (χ2v) is 5.61. The lowest BCUT2D eigenvalue weighted by atomic mass is 10.2. The van der Waals surface area contributed by atoms with E-state index in [-0.39, 0.29) is 5.91 Å². The van der Waals surface area contributed by atoms with Crippen LogP contribution in [0.1, 0.15) is 18.1 Å². The second-order valence-electron chi connectivity index (χ2n) is 4.83. The van der Waals surface area contributed by atoms with Crippen molar-refractivity contribution in [3.63, 3.8) is 0 Å². The standard InChI is InChI=1S/C17H17NO3S/c1-12-4-3-5-15(10-12)18-17(20)13(2)21-16(19)7-6-14-8-9-22-11-14/h3-11,13H,1-2H3,(H,18,20)/b7-6+/t13-/m0/s1. The third-order valence-corrected chi connectivity index (χ3v) is 3.60. The Labute approximate surface area is 133 Å². The van der Waals surface area contributed by atoms with E-state index < -0.39 is 12.1 Å². The number of amides is 1. The predicted octanol–water partition coefficient (Wildman–Crippen LogP) is 3.64. The number of hydrogen-bond acceptors (Lipinski definition) is 4. The Morgan fingerprint density at radius 1 is 1.32 bits per heavy atom. The van der Waals surface area contributed by atoms with Crippen LogP contribution >= 0.6 is 11.3 Å². The van der Waals surface area contributed by atoms with Crippen molar-refractivity contribution in [2.24, 2.45) is 0 Å². The Balaban J connectivity index is 1.87.